The molecule has 4 aliphatic rings. The fraction of sp³-hybridized carbons (Fsp3) is 0.0492. The third kappa shape index (κ3) is 5.54. The van der Waals surface area contributed by atoms with Crippen molar-refractivity contribution in [2.75, 3.05) is 4.90 Å². The van der Waals surface area contributed by atoms with E-state index in [1.54, 1.807) is 0 Å². The Hall–Kier alpha value is -8.14. The SMILES string of the molecule is C1=CC(c2ccc3c(c2)C2(c4ccccc4-c4ccccc42)c2ccc4c(c2-3)Oc2ccccc2O4)CC=C1N(c1ccccc1)c1ccc(-c2ccc(-c3ccccc3)cc2)cc1. The predicted octanol–water partition coefficient (Wildman–Crippen LogP) is 16.0. The van der Waals surface area contributed by atoms with Gasteiger partial charge in [-0.05, 0) is 122 Å². The molecule has 3 nitrogen and oxygen atoms in total. The van der Waals surface area contributed by atoms with E-state index in [0.717, 1.165) is 52.1 Å². The molecular formula is C61H41NO2. The average molecular weight is 820 g/mol. The van der Waals surface area contributed by atoms with Gasteiger partial charge in [-0.1, -0.05) is 182 Å². The normalized spacial score (nSPS) is 15.4. The maximum atomic E-state index is 6.81. The third-order valence-electron chi connectivity index (χ3n) is 13.7. The monoisotopic (exact) mass is 819 g/mol. The zero-order valence-corrected chi connectivity index (χ0v) is 35.0. The van der Waals surface area contributed by atoms with Gasteiger partial charge in [-0.2, -0.15) is 0 Å². The minimum atomic E-state index is -0.511. The maximum Gasteiger partial charge on any atom is 0.178 e. The molecule has 3 heteroatoms. The Morgan fingerprint density at radius 3 is 1.64 bits per heavy atom. The van der Waals surface area contributed by atoms with Crippen LogP contribution in [0.15, 0.2) is 236 Å². The van der Waals surface area contributed by atoms with Crippen LogP contribution in [0, 0.1) is 0 Å². The molecule has 1 unspecified atom stereocenters. The Morgan fingerprint density at radius 1 is 0.422 bits per heavy atom. The Balaban J connectivity index is 0.868. The maximum absolute atomic E-state index is 6.81. The van der Waals surface area contributed by atoms with Crippen LogP contribution in [0.2, 0.25) is 0 Å². The summed E-state index contributed by atoms with van der Waals surface area (Å²) in [6.45, 7) is 0. The Morgan fingerprint density at radius 2 is 0.984 bits per heavy atom. The number of anilines is 2. The summed E-state index contributed by atoms with van der Waals surface area (Å²) in [7, 11) is 0. The number of benzene rings is 9. The molecule has 9 aromatic carbocycles. The number of ether oxygens (including phenoxy) is 2. The molecule has 0 bridgehead atoms. The molecule has 1 heterocycles. The number of para-hydroxylation sites is 3. The van der Waals surface area contributed by atoms with Gasteiger partial charge in [0.2, 0.25) is 0 Å². The lowest BCUT2D eigenvalue weighted by molar-refractivity contribution is 0.360. The first-order valence-corrected chi connectivity index (χ1v) is 22.2. The van der Waals surface area contributed by atoms with E-state index in [-0.39, 0.29) is 5.92 Å². The van der Waals surface area contributed by atoms with Crippen LogP contribution >= 0.6 is 0 Å². The number of fused-ring (bicyclic) bond motifs is 13. The zero-order chi connectivity index (χ0) is 42.2. The fourth-order valence-corrected chi connectivity index (χ4v) is 10.8. The van der Waals surface area contributed by atoms with Crippen LogP contribution in [0.1, 0.15) is 40.2 Å². The molecule has 302 valence electrons. The molecule has 1 aliphatic heterocycles. The van der Waals surface area contributed by atoms with Crippen LogP contribution in [0.3, 0.4) is 0 Å². The molecule has 0 fully saturated rings. The second kappa shape index (κ2) is 14.5. The molecule has 13 rings (SSSR count). The van der Waals surface area contributed by atoms with E-state index < -0.39 is 5.41 Å². The summed E-state index contributed by atoms with van der Waals surface area (Å²) in [5, 5.41) is 0. The lowest BCUT2D eigenvalue weighted by atomic mass is 9.70. The topological polar surface area (TPSA) is 21.7 Å². The summed E-state index contributed by atoms with van der Waals surface area (Å²) in [5.74, 6) is 3.19. The molecular weight excluding hydrogens is 779 g/mol. The second-order valence-electron chi connectivity index (χ2n) is 17.1. The van der Waals surface area contributed by atoms with Crippen molar-refractivity contribution in [2.24, 2.45) is 0 Å². The van der Waals surface area contributed by atoms with E-state index >= 15 is 0 Å². The molecule has 0 saturated carbocycles. The van der Waals surface area contributed by atoms with E-state index in [1.807, 2.05) is 24.3 Å². The molecule has 0 N–H and O–H groups in total. The second-order valence-corrected chi connectivity index (χ2v) is 17.1. The first kappa shape index (κ1) is 36.5. The van der Waals surface area contributed by atoms with Gasteiger partial charge < -0.3 is 14.4 Å². The van der Waals surface area contributed by atoms with Crippen molar-refractivity contribution in [1.29, 1.82) is 0 Å². The number of hydrogen-bond donors (Lipinski definition) is 0. The Kier molecular flexibility index (Phi) is 8.26. The van der Waals surface area contributed by atoms with Gasteiger partial charge in [0, 0.05) is 28.6 Å². The van der Waals surface area contributed by atoms with Crippen LogP contribution < -0.4 is 14.4 Å². The highest BCUT2D eigenvalue weighted by molar-refractivity contribution is 5.98. The minimum absolute atomic E-state index is 0.195. The van der Waals surface area contributed by atoms with Crippen molar-refractivity contribution in [3.8, 4) is 67.5 Å². The zero-order valence-electron chi connectivity index (χ0n) is 35.0. The summed E-state index contributed by atoms with van der Waals surface area (Å²) in [6, 6.07) is 76.5. The minimum Gasteiger partial charge on any atom is -0.449 e. The van der Waals surface area contributed by atoms with E-state index in [0.29, 0.717) is 0 Å². The van der Waals surface area contributed by atoms with Gasteiger partial charge in [0.25, 0.3) is 0 Å². The van der Waals surface area contributed by atoms with Gasteiger partial charge in [0.05, 0.1) is 5.41 Å². The van der Waals surface area contributed by atoms with Crippen LogP contribution in [0.25, 0.3) is 44.5 Å². The van der Waals surface area contributed by atoms with Gasteiger partial charge in [-0.15, -0.1) is 0 Å². The Bertz CT molecular complexity index is 3300. The van der Waals surface area contributed by atoms with Crippen LogP contribution in [0.4, 0.5) is 11.4 Å². The van der Waals surface area contributed by atoms with Crippen LogP contribution in [-0.4, -0.2) is 0 Å². The quantitative estimate of drug-likeness (QED) is 0.167. The predicted molar refractivity (Wildman–Crippen MR) is 260 cm³/mol. The van der Waals surface area contributed by atoms with Crippen molar-refractivity contribution in [1.82, 2.24) is 0 Å². The van der Waals surface area contributed by atoms with Gasteiger partial charge in [-0.25, -0.2) is 0 Å². The molecule has 3 aliphatic carbocycles. The molecule has 9 aromatic rings. The highest BCUT2D eigenvalue weighted by Gasteiger charge is 2.53. The van der Waals surface area contributed by atoms with Crippen LogP contribution in [0.5, 0.6) is 23.0 Å². The smallest absolute Gasteiger partial charge is 0.178 e. The van der Waals surface area contributed by atoms with Crippen LogP contribution in [-0.2, 0) is 5.41 Å². The number of allylic oxidation sites excluding steroid dienone is 3. The van der Waals surface area contributed by atoms with Gasteiger partial charge in [-0.3, -0.25) is 0 Å². The highest BCUT2D eigenvalue weighted by Crippen LogP contribution is 2.66. The van der Waals surface area contributed by atoms with E-state index in [1.165, 1.54) is 66.8 Å². The van der Waals surface area contributed by atoms with Crippen molar-refractivity contribution in [3.05, 3.63) is 264 Å². The lowest BCUT2D eigenvalue weighted by Crippen LogP contribution is -2.26. The highest BCUT2D eigenvalue weighted by atomic mass is 16.6. The number of hydrogen-bond acceptors (Lipinski definition) is 3. The van der Waals surface area contributed by atoms with Crippen molar-refractivity contribution in [3.63, 3.8) is 0 Å². The largest absolute Gasteiger partial charge is 0.449 e. The van der Waals surface area contributed by atoms with Crippen molar-refractivity contribution >= 4 is 11.4 Å². The summed E-state index contributed by atoms with van der Waals surface area (Å²) in [5.41, 5.74) is 19.0. The molecule has 0 amide bonds. The van der Waals surface area contributed by atoms with Crippen molar-refractivity contribution < 1.29 is 9.47 Å². The summed E-state index contributed by atoms with van der Waals surface area (Å²) < 4.78 is 13.3. The van der Waals surface area contributed by atoms with Gasteiger partial charge >= 0.3 is 0 Å². The summed E-state index contributed by atoms with van der Waals surface area (Å²) in [4.78, 5) is 2.37. The average Bonchev–Trinajstić information content (AvgIpc) is 3.84. The molecule has 0 saturated heterocycles. The number of rotatable bonds is 6. The first-order valence-electron chi connectivity index (χ1n) is 22.2. The third-order valence-corrected chi connectivity index (χ3v) is 13.7. The molecule has 0 radical (unpaired) electrons. The number of nitrogens with zero attached hydrogens (tertiary/aromatic N) is 1. The standard InChI is InChI=1S/C61H41NO2/c1-3-13-40(14-4-1)41-23-25-42(26-24-41)43-27-32-47(33-28-43)62(46-15-5-2-6-16-46)48-34-29-44(30-35-48)45-31-36-51-55(39-45)61(52-19-9-7-17-49(52)50-18-8-10-20-53(50)61)54-37-38-58-60(59(51)54)64-57-22-12-11-21-56(57)63-58/h1-29,31-39,44H,30H2. The van der Waals surface area contributed by atoms with Gasteiger partial charge in [0.15, 0.2) is 23.0 Å². The van der Waals surface area contributed by atoms with E-state index in [9.17, 15) is 0 Å². The van der Waals surface area contributed by atoms with Crippen molar-refractivity contribution in [2.45, 2.75) is 17.8 Å². The molecule has 64 heavy (non-hydrogen) atoms. The summed E-state index contributed by atoms with van der Waals surface area (Å²) >= 11 is 0. The lowest BCUT2D eigenvalue weighted by Gasteiger charge is -2.32. The van der Waals surface area contributed by atoms with E-state index in [2.05, 4.69) is 211 Å². The van der Waals surface area contributed by atoms with E-state index in [4.69, 9.17) is 9.47 Å². The molecule has 0 aromatic heterocycles. The molecule has 1 spiro atoms. The summed E-state index contributed by atoms with van der Waals surface area (Å²) in [6.07, 6.45) is 7.99. The fourth-order valence-electron chi connectivity index (χ4n) is 10.8. The Labute approximate surface area is 373 Å². The molecule has 1 atom stereocenters. The van der Waals surface area contributed by atoms with Gasteiger partial charge in [0.1, 0.15) is 0 Å². The first-order chi connectivity index (χ1) is 31.7.